The van der Waals surface area contributed by atoms with Crippen molar-refractivity contribution in [1.82, 2.24) is 9.71 Å². The van der Waals surface area contributed by atoms with Crippen molar-refractivity contribution in [3.63, 3.8) is 0 Å². The van der Waals surface area contributed by atoms with E-state index in [0.29, 0.717) is 5.95 Å². The SMILES string of the molecule is CNc1nccc(=O)n1OC. The van der Waals surface area contributed by atoms with Gasteiger partial charge in [-0.3, -0.25) is 4.79 Å². The molecule has 0 aromatic carbocycles. The fourth-order valence-corrected chi connectivity index (χ4v) is 0.739. The molecule has 0 aliphatic heterocycles. The lowest BCUT2D eigenvalue weighted by Gasteiger charge is -2.06. The molecule has 0 aliphatic carbocycles. The minimum Gasteiger partial charge on any atom is -0.411 e. The lowest BCUT2D eigenvalue weighted by atomic mass is 10.6. The van der Waals surface area contributed by atoms with Crippen LogP contribution in [0.2, 0.25) is 0 Å². The molecule has 0 saturated heterocycles. The third-order valence-electron chi connectivity index (χ3n) is 1.21. The summed E-state index contributed by atoms with van der Waals surface area (Å²) in [6.45, 7) is 0. The van der Waals surface area contributed by atoms with E-state index in [1.165, 1.54) is 19.4 Å². The largest absolute Gasteiger partial charge is 0.411 e. The molecule has 60 valence electrons. The Morgan fingerprint density at radius 1 is 1.73 bits per heavy atom. The van der Waals surface area contributed by atoms with E-state index in [-0.39, 0.29) is 5.56 Å². The van der Waals surface area contributed by atoms with Crippen LogP contribution in [0.1, 0.15) is 0 Å². The van der Waals surface area contributed by atoms with E-state index in [0.717, 1.165) is 4.73 Å². The molecule has 1 aromatic heterocycles. The lowest BCUT2D eigenvalue weighted by Crippen LogP contribution is -2.26. The molecule has 0 unspecified atom stereocenters. The highest BCUT2D eigenvalue weighted by atomic mass is 16.7. The van der Waals surface area contributed by atoms with Crippen molar-refractivity contribution in [3.8, 4) is 0 Å². The van der Waals surface area contributed by atoms with Gasteiger partial charge in [0.2, 0.25) is 5.95 Å². The highest BCUT2D eigenvalue weighted by Crippen LogP contribution is 1.92. The molecule has 5 heteroatoms. The van der Waals surface area contributed by atoms with Gasteiger partial charge in [0.05, 0.1) is 0 Å². The van der Waals surface area contributed by atoms with Crippen LogP contribution in [-0.2, 0) is 0 Å². The molecule has 0 fully saturated rings. The van der Waals surface area contributed by atoms with E-state index in [4.69, 9.17) is 4.84 Å². The summed E-state index contributed by atoms with van der Waals surface area (Å²) in [5, 5.41) is 2.71. The Kier molecular flexibility index (Phi) is 2.10. The van der Waals surface area contributed by atoms with Crippen molar-refractivity contribution < 1.29 is 4.84 Å². The van der Waals surface area contributed by atoms with Crippen molar-refractivity contribution in [2.45, 2.75) is 0 Å². The molecule has 11 heavy (non-hydrogen) atoms. The van der Waals surface area contributed by atoms with Crippen LogP contribution in [0.5, 0.6) is 0 Å². The summed E-state index contributed by atoms with van der Waals surface area (Å²) in [7, 11) is 3.07. The lowest BCUT2D eigenvalue weighted by molar-refractivity contribution is 0.159. The van der Waals surface area contributed by atoms with Crippen molar-refractivity contribution >= 4 is 5.95 Å². The molecule has 1 aromatic rings. The molecule has 1 N–H and O–H groups in total. The smallest absolute Gasteiger partial charge is 0.288 e. The van der Waals surface area contributed by atoms with Crippen LogP contribution in [0.25, 0.3) is 0 Å². The van der Waals surface area contributed by atoms with Gasteiger partial charge in [0.15, 0.2) is 0 Å². The average molecular weight is 155 g/mol. The Labute approximate surface area is 63.6 Å². The van der Waals surface area contributed by atoms with Gasteiger partial charge >= 0.3 is 0 Å². The maximum Gasteiger partial charge on any atom is 0.288 e. The third kappa shape index (κ3) is 1.31. The van der Waals surface area contributed by atoms with E-state index >= 15 is 0 Å². The van der Waals surface area contributed by atoms with Crippen LogP contribution in [0.3, 0.4) is 0 Å². The summed E-state index contributed by atoms with van der Waals surface area (Å²) in [5.74, 6) is 0.389. The quantitative estimate of drug-likeness (QED) is 0.616. The molecule has 0 aliphatic rings. The number of nitrogens with zero attached hydrogens (tertiary/aromatic N) is 2. The Hall–Kier alpha value is -1.52. The molecule has 0 radical (unpaired) electrons. The second-order valence-corrected chi connectivity index (χ2v) is 1.83. The second kappa shape index (κ2) is 3.05. The van der Waals surface area contributed by atoms with Crippen LogP contribution in [0.15, 0.2) is 17.1 Å². The predicted molar refractivity (Wildman–Crippen MR) is 40.5 cm³/mol. The van der Waals surface area contributed by atoms with E-state index < -0.39 is 0 Å². The summed E-state index contributed by atoms with van der Waals surface area (Å²) >= 11 is 0. The van der Waals surface area contributed by atoms with Gasteiger partial charge in [-0.1, -0.05) is 0 Å². The van der Waals surface area contributed by atoms with Gasteiger partial charge in [-0.15, -0.1) is 4.73 Å². The molecular weight excluding hydrogens is 146 g/mol. The normalized spacial score (nSPS) is 9.27. The molecule has 1 rings (SSSR count). The topological polar surface area (TPSA) is 56.2 Å². The summed E-state index contributed by atoms with van der Waals surface area (Å²) in [6.07, 6.45) is 1.42. The van der Waals surface area contributed by atoms with Crippen LogP contribution >= 0.6 is 0 Å². The van der Waals surface area contributed by atoms with Crippen molar-refractivity contribution in [2.75, 3.05) is 19.5 Å². The van der Waals surface area contributed by atoms with Crippen molar-refractivity contribution in [1.29, 1.82) is 0 Å². The Balaban J connectivity index is 3.24. The molecule has 0 spiro atoms. The number of rotatable bonds is 2. The van der Waals surface area contributed by atoms with Crippen LogP contribution in [-0.4, -0.2) is 23.9 Å². The maximum absolute atomic E-state index is 11.0. The molecule has 0 saturated carbocycles. The standard InChI is InChI=1S/C6H9N3O2/c1-7-6-8-4-3-5(10)9(6)11-2/h3-4H,1-2H3,(H,7,8). The highest BCUT2D eigenvalue weighted by molar-refractivity contribution is 5.21. The second-order valence-electron chi connectivity index (χ2n) is 1.83. The molecule has 0 amide bonds. The van der Waals surface area contributed by atoms with Gasteiger partial charge in [0.25, 0.3) is 5.56 Å². The maximum atomic E-state index is 11.0. The molecule has 0 bridgehead atoms. The number of anilines is 1. The first kappa shape index (κ1) is 7.59. The Bertz CT molecular complexity index is 294. The summed E-state index contributed by atoms with van der Waals surface area (Å²) < 4.78 is 1.07. The number of nitrogens with one attached hydrogen (secondary N) is 1. The van der Waals surface area contributed by atoms with E-state index in [1.54, 1.807) is 7.05 Å². The molecule has 5 nitrogen and oxygen atoms in total. The van der Waals surface area contributed by atoms with Crippen LogP contribution < -0.4 is 15.7 Å². The number of hydrogen-bond acceptors (Lipinski definition) is 4. The number of hydrogen-bond donors (Lipinski definition) is 1. The first-order chi connectivity index (χ1) is 5.29. The molecular formula is C6H9N3O2. The van der Waals surface area contributed by atoms with E-state index in [9.17, 15) is 4.79 Å². The van der Waals surface area contributed by atoms with Crippen LogP contribution in [0.4, 0.5) is 5.95 Å². The van der Waals surface area contributed by atoms with Crippen LogP contribution in [0, 0.1) is 0 Å². The fourth-order valence-electron chi connectivity index (χ4n) is 0.739. The van der Waals surface area contributed by atoms with Gasteiger partial charge in [0.1, 0.15) is 7.11 Å². The van der Waals surface area contributed by atoms with E-state index in [1.807, 2.05) is 0 Å². The minimum absolute atomic E-state index is 0.244. The minimum atomic E-state index is -0.244. The fraction of sp³-hybridized carbons (Fsp3) is 0.333. The zero-order valence-electron chi connectivity index (χ0n) is 6.37. The van der Waals surface area contributed by atoms with Gasteiger partial charge < -0.3 is 10.2 Å². The van der Waals surface area contributed by atoms with Gasteiger partial charge in [-0.05, 0) is 0 Å². The highest BCUT2D eigenvalue weighted by Gasteiger charge is 1.99. The number of aromatic nitrogens is 2. The first-order valence-electron chi connectivity index (χ1n) is 3.10. The van der Waals surface area contributed by atoms with Gasteiger partial charge in [-0.25, -0.2) is 4.98 Å². The summed E-state index contributed by atoms with van der Waals surface area (Å²) in [5.41, 5.74) is -0.244. The van der Waals surface area contributed by atoms with E-state index in [2.05, 4.69) is 10.3 Å². The zero-order valence-corrected chi connectivity index (χ0v) is 6.37. The van der Waals surface area contributed by atoms with Crippen molar-refractivity contribution in [3.05, 3.63) is 22.6 Å². The third-order valence-corrected chi connectivity index (χ3v) is 1.21. The first-order valence-corrected chi connectivity index (χ1v) is 3.10. The Morgan fingerprint density at radius 3 is 2.91 bits per heavy atom. The molecule has 0 atom stereocenters. The summed E-state index contributed by atoms with van der Waals surface area (Å²) in [4.78, 5) is 19.6. The summed E-state index contributed by atoms with van der Waals surface area (Å²) in [6, 6.07) is 1.32. The Morgan fingerprint density at radius 2 is 2.45 bits per heavy atom. The van der Waals surface area contributed by atoms with Crippen molar-refractivity contribution in [2.24, 2.45) is 0 Å². The molecule has 1 heterocycles. The monoisotopic (exact) mass is 155 g/mol. The zero-order chi connectivity index (χ0) is 8.27. The average Bonchev–Trinajstić information content (AvgIpc) is 2.04. The van der Waals surface area contributed by atoms with Gasteiger partial charge in [-0.2, -0.15) is 0 Å². The predicted octanol–water partition coefficient (Wildman–Crippen LogP) is -0.657. The van der Waals surface area contributed by atoms with Gasteiger partial charge in [0, 0.05) is 19.3 Å².